The SMILES string of the molecule is CCc1ccc(S(=O)(=O)NCC(c2cccc(Cl)c2)N2CCOCC2)s1. The number of hydrogen-bond acceptors (Lipinski definition) is 5. The molecular weight excluding hydrogens is 392 g/mol. The monoisotopic (exact) mass is 414 g/mol. The summed E-state index contributed by atoms with van der Waals surface area (Å²) in [6.45, 7) is 5.13. The summed E-state index contributed by atoms with van der Waals surface area (Å²) in [5.41, 5.74) is 1.00. The highest BCUT2D eigenvalue weighted by atomic mass is 35.5. The molecule has 2 heterocycles. The molecule has 8 heteroatoms. The molecule has 1 N–H and O–H groups in total. The number of halogens is 1. The Morgan fingerprint density at radius 2 is 2.04 bits per heavy atom. The van der Waals surface area contributed by atoms with Gasteiger partial charge in [-0.1, -0.05) is 30.7 Å². The van der Waals surface area contributed by atoms with Crippen molar-refractivity contribution in [1.29, 1.82) is 0 Å². The van der Waals surface area contributed by atoms with Crippen LogP contribution in [0.15, 0.2) is 40.6 Å². The Balaban J connectivity index is 1.79. The van der Waals surface area contributed by atoms with Crippen molar-refractivity contribution < 1.29 is 13.2 Å². The number of nitrogens with one attached hydrogen (secondary N) is 1. The van der Waals surface area contributed by atoms with Crippen molar-refractivity contribution in [1.82, 2.24) is 9.62 Å². The van der Waals surface area contributed by atoms with Crippen LogP contribution in [0.4, 0.5) is 0 Å². The Bertz CT molecular complexity index is 832. The number of thiophene rings is 1. The number of hydrogen-bond donors (Lipinski definition) is 1. The first-order valence-corrected chi connectivity index (χ1v) is 11.3. The van der Waals surface area contributed by atoms with Gasteiger partial charge in [0.05, 0.1) is 13.2 Å². The molecule has 2 aromatic rings. The van der Waals surface area contributed by atoms with Crippen molar-refractivity contribution in [3.8, 4) is 0 Å². The number of benzene rings is 1. The van der Waals surface area contributed by atoms with Gasteiger partial charge < -0.3 is 4.74 Å². The molecule has 0 spiro atoms. The third kappa shape index (κ3) is 4.85. The second-order valence-electron chi connectivity index (χ2n) is 6.15. The predicted octanol–water partition coefficient (Wildman–Crippen LogP) is 3.32. The normalized spacial score (nSPS) is 17.3. The zero-order valence-corrected chi connectivity index (χ0v) is 17.0. The molecule has 1 aliphatic rings. The minimum atomic E-state index is -3.52. The number of rotatable bonds is 7. The molecule has 0 aliphatic carbocycles. The molecule has 1 aliphatic heterocycles. The van der Waals surface area contributed by atoms with Crippen LogP contribution < -0.4 is 4.72 Å². The third-order valence-electron chi connectivity index (χ3n) is 4.44. The second-order valence-corrected chi connectivity index (χ2v) is 9.74. The topological polar surface area (TPSA) is 58.6 Å². The molecule has 1 fully saturated rings. The van der Waals surface area contributed by atoms with Crippen LogP contribution in [0.25, 0.3) is 0 Å². The molecule has 0 amide bonds. The lowest BCUT2D eigenvalue weighted by molar-refractivity contribution is 0.0172. The van der Waals surface area contributed by atoms with E-state index in [9.17, 15) is 8.42 Å². The van der Waals surface area contributed by atoms with Gasteiger partial charge in [-0.2, -0.15) is 0 Å². The number of sulfonamides is 1. The largest absolute Gasteiger partial charge is 0.379 e. The number of ether oxygens (including phenoxy) is 1. The van der Waals surface area contributed by atoms with Gasteiger partial charge in [0.25, 0.3) is 0 Å². The second kappa shape index (κ2) is 8.82. The van der Waals surface area contributed by atoms with Gasteiger partial charge in [-0.3, -0.25) is 4.90 Å². The van der Waals surface area contributed by atoms with Crippen molar-refractivity contribution in [3.05, 3.63) is 51.9 Å². The maximum atomic E-state index is 12.7. The molecule has 0 saturated carbocycles. The van der Waals surface area contributed by atoms with Gasteiger partial charge in [0.15, 0.2) is 0 Å². The molecule has 1 aromatic carbocycles. The Morgan fingerprint density at radius 1 is 1.27 bits per heavy atom. The van der Waals surface area contributed by atoms with Crippen molar-refractivity contribution in [2.45, 2.75) is 23.6 Å². The van der Waals surface area contributed by atoms with Crippen LogP contribution in [0, 0.1) is 0 Å². The van der Waals surface area contributed by atoms with Gasteiger partial charge in [-0.25, -0.2) is 13.1 Å². The first-order valence-electron chi connectivity index (χ1n) is 8.65. The maximum absolute atomic E-state index is 12.7. The lowest BCUT2D eigenvalue weighted by atomic mass is 10.1. The van der Waals surface area contributed by atoms with E-state index in [-0.39, 0.29) is 6.04 Å². The van der Waals surface area contributed by atoms with E-state index < -0.39 is 10.0 Å². The highest BCUT2D eigenvalue weighted by Gasteiger charge is 2.25. The van der Waals surface area contributed by atoms with Crippen LogP contribution in [0.2, 0.25) is 5.02 Å². The fraction of sp³-hybridized carbons (Fsp3) is 0.444. The van der Waals surface area contributed by atoms with Gasteiger partial charge in [-0.15, -0.1) is 11.3 Å². The summed E-state index contributed by atoms with van der Waals surface area (Å²) in [6.07, 6.45) is 0.832. The van der Waals surface area contributed by atoms with Crippen LogP contribution in [0.3, 0.4) is 0 Å². The smallest absolute Gasteiger partial charge is 0.250 e. The van der Waals surface area contributed by atoms with Crippen LogP contribution in [0.1, 0.15) is 23.4 Å². The van der Waals surface area contributed by atoms with E-state index in [1.807, 2.05) is 37.3 Å². The summed E-state index contributed by atoms with van der Waals surface area (Å²) in [7, 11) is -3.52. The minimum Gasteiger partial charge on any atom is -0.379 e. The quantitative estimate of drug-likeness (QED) is 0.755. The highest BCUT2D eigenvalue weighted by molar-refractivity contribution is 7.91. The average Bonchev–Trinajstić information content (AvgIpc) is 3.13. The molecular formula is C18H23ClN2O3S2. The first kappa shape index (κ1) is 19.8. The zero-order chi connectivity index (χ0) is 18.6. The van der Waals surface area contributed by atoms with Crippen molar-refractivity contribution in [2.75, 3.05) is 32.8 Å². The Hall–Kier alpha value is -0.960. The van der Waals surface area contributed by atoms with Crippen molar-refractivity contribution >= 4 is 33.0 Å². The maximum Gasteiger partial charge on any atom is 0.250 e. The summed E-state index contributed by atoms with van der Waals surface area (Å²) in [5, 5.41) is 0.648. The third-order valence-corrected chi connectivity index (χ3v) is 7.82. The molecule has 3 rings (SSSR count). The van der Waals surface area contributed by atoms with E-state index >= 15 is 0 Å². The van der Waals surface area contributed by atoms with Crippen molar-refractivity contribution in [3.63, 3.8) is 0 Å². The van der Waals surface area contributed by atoms with Crippen molar-refractivity contribution in [2.24, 2.45) is 0 Å². The van der Waals surface area contributed by atoms with Gasteiger partial charge >= 0.3 is 0 Å². The van der Waals surface area contributed by atoms with Crippen LogP contribution >= 0.6 is 22.9 Å². The Kier molecular flexibility index (Phi) is 6.71. The molecule has 1 unspecified atom stereocenters. The van der Waals surface area contributed by atoms with E-state index in [1.54, 1.807) is 6.07 Å². The van der Waals surface area contributed by atoms with Gasteiger partial charge in [0.2, 0.25) is 10.0 Å². The summed E-state index contributed by atoms with van der Waals surface area (Å²) in [4.78, 5) is 3.30. The molecule has 26 heavy (non-hydrogen) atoms. The predicted molar refractivity (Wildman–Crippen MR) is 105 cm³/mol. The molecule has 0 radical (unpaired) electrons. The van der Waals surface area contributed by atoms with Gasteiger partial charge in [-0.05, 0) is 36.2 Å². The number of aryl methyl sites for hydroxylation is 1. The number of nitrogens with zero attached hydrogens (tertiary/aromatic N) is 1. The summed E-state index contributed by atoms with van der Waals surface area (Å²) in [6, 6.07) is 11.1. The zero-order valence-electron chi connectivity index (χ0n) is 14.7. The fourth-order valence-corrected chi connectivity index (χ4v) is 5.59. The van der Waals surface area contributed by atoms with E-state index in [1.165, 1.54) is 11.3 Å². The van der Waals surface area contributed by atoms with E-state index in [4.69, 9.17) is 16.3 Å². The lowest BCUT2D eigenvalue weighted by Crippen LogP contribution is -2.43. The van der Waals surface area contributed by atoms with Gasteiger partial charge in [0.1, 0.15) is 4.21 Å². The first-order chi connectivity index (χ1) is 12.5. The Labute approximate surface area is 164 Å². The molecule has 5 nitrogen and oxygen atoms in total. The Morgan fingerprint density at radius 3 is 2.69 bits per heavy atom. The summed E-state index contributed by atoms with van der Waals surface area (Å²) >= 11 is 7.47. The average molecular weight is 415 g/mol. The summed E-state index contributed by atoms with van der Waals surface area (Å²) in [5.74, 6) is 0. The number of morpholine rings is 1. The lowest BCUT2D eigenvalue weighted by Gasteiger charge is -2.34. The molecule has 1 saturated heterocycles. The fourth-order valence-electron chi connectivity index (χ4n) is 3.01. The van der Waals surface area contributed by atoms with E-state index in [2.05, 4.69) is 9.62 Å². The molecule has 1 aromatic heterocycles. The standard InChI is InChI=1S/C18H23ClN2O3S2/c1-2-16-6-7-18(25-16)26(22,23)20-13-17(21-8-10-24-11-9-21)14-4-3-5-15(19)12-14/h3-7,12,17,20H,2,8-11,13H2,1H3. The van der Waals surface area contributed by atoms with Crippen LogP contribution in [0.5, 0.6) is 0 Å². The van der Waals surface area contributed by atoms with Crippen LogP contribution in [-0.4, -0.2) is 46.2 Å². The molecule has 0 bridgehead atoms. The molecule has 142 valence electrons. The van der Waals surface area contributed by atoms with E-state index in [0.717, 1.165) is 30.0 Å². The van der Waals surface area contributed by atoms with Crippen LogP contribution in [-0.2, 0) is 21.2 Å². The molecule has 1 atom stereocenters. The minimum absolute atomic E-state index is 0.0852. The highest BCUT2D eigenvalue weighted by Crippen LogP contribution is 2.26. The van der Waals surface area contributed by atoms with Gasteiger partial charge in [0, 0.05) is 35.6 Å². The summed E-state index contributed by atoms with van der Waals surface area (Å²) < 4.78 is 33.9. The van der Waals surface area contributed by atoms with E-state index in [0.29, 0.717) is 29.0 Å².